The van der Waals surface area contributed by atoms with E-state index in [0.717, 1.165) is 31.2 Å². The zero-order valence-corrected chi connectivity index (χ0v) is 13.4. The molecule has 19 heavy (non-hydrogen) atoms. The molecule has 3 heteroatoms. The maximum atomic E-state index is 5.96. The SMILES string of the molecule is CCC(C)N(C)Cc1cc(C)c(CNCC(C)C)o1. The van der Waals surface area contributed by atoms with Crippen LogP contribution in [0.1, 0.15) is 51.2 Å². The fraction of sp³-hybridized carbons (Fsp3) is 0.750. The quantitative estimate of drug-likeness (QED) is 0.780. The second-order valence-corrected chi connectivity index (χ2v) is 6.02. The predicted molar refractivity (Wildman–Crippen MR) is 81.2 cm³/mol. The lowest BCUT2D eigenvalue weighted by Gasteiger charge is -2.22. The van der Waals surface area contributed by atoms with E-state index < -0.39 is 0 Å². The molecule has 0 aliphatic heterocycles. The lowest BCUT2D eigenvalue weighted by Crippen LogP contribution is -2.27. The summed E-state index contributed by atoms with van der Waals surface area (Å²) < 4.78 is 5.96. The van der Waals surface area contributed by atoms with Crippen LogP contribution < -0.4 is 5.32 Å². The van der Waals surface area contributed by atoms with Crippen molar-refractivity contribution < 1.29 is 4.42 Å². The molecule has 110 valence electrons. The highest BCUT2D eigenvalue weighted by atomic mass is 16.3. The number of hydrogen-bond acceptors (Lipinski definition) is 3. The average Bonchev–Trinajstić information content (AvgIpc) is 2.68. The topological polar surface area (TPSA) is 28.4 Å². The Kier molecular flexibility index (Phi) is 6.59. The van der Waals surface area contributed by atoms with E-state index >= 15 is 0 Å². The molecule has 0 radical (unpaired) electrons. The van der Waals surface area contributed by atoms with E-state index in [1.54, 1.807) is 0 Å². The van der Waals surface area contributed by atoms with Crippen molar-refractivity contribution in [1.82, 2.24) is 10.2 Å². The summed E-state index contributed by atoms with van der Waals surface area (Å²) in [6.07, 6.45) is 1.17. The van der Waals surface area contributed by atoms with Gasteiger partial charge < -0.3 is 9.73 Å². The van der Waals surface area contributed by atoms with Gasteiger partial charge in [0.2, 0.25) is 0 Å². The van der Waals surface area contributed by atoms with Crippen molar-refractivity contribution in [2.24, 2.45) is 5.92 Å². The van der Waals surface area contributed by atoms with Crippen molar-refractivity contribution in [3.63, 3.8) is 0 Å². The molecular formula is C16H30N2O. The molecule has 0 fully saturated rings. The summed E-state index contributed by atoms with van der Waals surface area (Å²) in [5.74, 6) is 2.82. The van der Waals surface area contributed by atoms with Gasteiger partial charge in [-0.15, -0.1) is 0 Å². The second kappa shape index (κ2) is 7.71. The minimum Gasteiger partial charge on any atom is -0.463 e. The van der Waals surface area contributed by atoms with Crippen molar-refractivity contribution >= 4 is 0 Å². The number of hydrogen-bond donors (Lipinski definition) is 1. The Balaban J connectivity index is 2.53. The smallest absolute Gasteiger partial charge is 0.120 e. The van der Waals surface area contributed by atoms with Crippen molar-refractivity contribution in [2.75, 3.05) is 13.6 Å². The van der Waals surface area contributed by atoms with E-state index in [0.29, 0.717) is 12.0 Å². The molecule has 0 aliphatic carbocycles. The summed E-state index contributed by atoms with van der Waals surface area (Å²) in [6.45, 7) is 13.8. The number of nitrogens with zero attached hydrogens (tertiary/aromatic N) is 1. The molecule has 1 heterocycles. The van der Waals surface area contributed by atoms with Crippen LogP contribution in [0.2, 0.25) is 0 Å². The monoisotopic (exact) mass is 266 g/mol. The third-order valence-electron chi connectivity index (χ3n) is 3.66. The van der Waals surface area contributed by atoms with Gasteiger partial charge in [0, 0.05) is 6.04 Å². The number of nitrogens with one attached hydrogen (secondary N) is 1. The highest BCUT2D eigenvalue weighted by molar-refractivity contribution is 5.20. The van der Waals surface area contributed by atoms with Gasteiger partial charge in [-0.05, 0) is 51.4 Å². The molecule has 1 rings (SSSR count). The molecule has 0 bridgehead atoms. The normalized spacial score (nSPS) is 13.5. The third kappa shape index (κ3) is 5.37. The molecule has 1 aromatic rings. The van der Waals surface area contributed by atoms with Crippen LogP contribution in [0.25, 0.3) is 0 Å². The Hall–Kier alpha value is -0.800. The highest BCUT2D eigenvalue weighted by Crippen LogP contribution is 2.17. The predicted octanol–water partition coefficient (Wildman–Crippen LogP) is 3.56. The van der Waals surface area contributed by atoms with Crippen LogP contribution in [-0.2, 0) is 13.1 Å². The van der Waals surface area contributed by atoms with E-state index in [1.807, 2.05) is 0 Å². The maximum Gasteiger partial charge on any atom is 0.120 e. The van der Waals surface area contributed by atoms with Crippen molar-refractivity contribution in [3.05, 3.63) is 23.2 Å². The van der Waals surface area contributed by atoms with Gasteiger partial charge in [0.25, 0.3) is 0 Å². The van der Waals surface area contributed by atoms with Crippen molar-refractivity contribution in [1.29, 1.82) is 0 Å². The van der Waals surface area contributed by atoms with Gasteiger partial charge in [-0.2, -0.15) is 0 Å². The summed E-state index contributed by atoms with van der Waals surface area (Å²) in [7, 11) is 2.16. The Morgan fingerprint density at radius 3 is 2.58 bits per heavy atom. The van der Waals surface area contributed by atoms with Gasteiger partial charge >= 0.3 is 0 Å². The van der Waals surface area contributed by atoms with E-state index in [4.69, 9.17) is 4.42 Å². The Labute approximate surface area is 118 Å². The van der Waals surface area contributed by atoms with Gasteiger partial charge in [0.1, 0.15) is 11.5 Å². The summed E-state index contributed by atoms with van der Waals surface area (Å²) in [6, 6.07) is 2.76. The van der Waals surface area contributed by atoms with Gasteiger partial charge in [-0.25, -0.2) is 0 Å². The van der Waals surface area contributed by atoms with Crippen LogP contribution in [0.3, 0.4) is 0 Å². The van der Waals surface area contributed by atoms with E-state index in [-0.39, 0.29) is 0 Å². The van der Waals surface area contributed by atoms with E-state index in [2.05, 4.69) is 57.9 Å². The molecule has 3 nitrogen and oxygen atoms in total. The third-order valence-corrected chi connectivity index (χ3v) is 3.66. The molecule has 1 N–H and O–H groups in total. The Bertz CT molecular complexity index is 371. The second-order valence-electron chi connectivity index (χ2n) is 6.02. The van der Waals surface area contributed by atoms with Crippen molar-refractivity contribution in [2.45, 2.75) is 60.2 Å². The zero-order chi connectivity index (χ0) is 14.4. The maximum absolute atomic E-state index is 5.96. The first-order valence-electron chi connectivity index (χ1n) is 7.43. The summed E-state index contributed by atoms with van der Waals surface area (Å²) in [5.41, 5.74) is 1.25. The number of aryl methyl sites for hydroxylation is 1. The number of furan rings is 1. The van der Waals surface area contributed by atoms with Crippen LogP contribution in [-0.4, -0.2) is 24.5 Å². The zero-order valence-electron chi connectivity index (χ0n) is 13.4. The van der Waals surface area contributed by atoms with Gasteiger partial charge in [-0.1, -0.05) is 20.8 Å². The molecule has 0 saturated carbocycles. The molecule has 1 atom stereocenters. The van der Waals surface area contributed by atoms with Gasteiger partial charge in [0.05, 0.1) is 13.1 Å². The lowest BCUT2D eigenvalue weighted by atomic mass is 10.2. The molecule has 0 aliphatic rings. The van der Waals surface area contributed by atoms with Crippen LogP contribution in [0.5, 0.6) is 0 Å². The van der Waals surface area contributed by atoms with Gasteiger partial charge in [0.15, 0.2) is 0 Å². The molecule has 0 amide bonds. The molecular weight excluding hydrogens is 236 g/mol. The molecule has 1 unspecified atom stereocenters. The largest absolute Gasteiger partial charge is 0.463 e. The molecule has 0 saturated heterocycles. The van der Waals surface area contributed by atoms with Crippen LogP contribution in [0.4, 0.5) is 0 Å². The molecule has 0 aromatic carbocycles. The van der Waals surface area contributed by atoms with Crippen LogP contribution >= 0.6 is 0 Å². The standard InChI is InChI=1S/C16H30N2O/c1-7-14(5)18(6)11-15-8-13(4)16(19-15)10-17-9-12(2)3/h8,12,14,17H,7,9-11H2,1-6H3. The van der Waals surface area contributed by atoms with E-state index in [1.165, 1.54) is 12.0 Å². The summed E-state index contributed by atoms with van der Waals surface area (Å²) in [4.78, 5) is 2.34. The Morgan fingerprint density at radius 1 is 1.32 bits per heavy atom. The first-order valence-corrected chi connectivity index (χ1v) is 7.43. The van der Waals surface area contributed by atoms with Crippen molar-refractivity contribution in [3.8, 4) is 0 Å². The summed E-state index contributed by atoms with van der Waals surface area (Å²) in [5, 5.41) is 3.44. The minimum absolute atomic E-state index is 0.591. The average molecular weight is 266 g/mol. The molecule has 0 spiro atoms. The van der Waals surface area contributed by atoms with E-state index in [9.17, 15) is 0 Å². The fourth-order valence-electron chi connectivity index (χ4n) is 2.03. The van der Waals surface area contributed by atoms with Gasteiger partial charge in [-0.3, -0.25) is 4.90 Å². The fourth-order valence-corrected chi connectivity index (χ4v) is 2.03. The summed E-state index contributed by atoms with van der Waals surface area (Å²) >= 11 is 0. The first kappa shape index (κ1) is 16.3. The first-order chi connectivity index (χ1) is 8.93. The minimum atomic E-state index is 0.591. The van der Waals surface area contributed by atoms with Crippen LogP contribution in [0, 0.1) is 12.8 Å². The molecule has 1 aromatic heterocycles. The van der Waals surface area contributed by atoms with Crippen LogP contribution in [0.15, 0.2) is 10.5 Å². The Morgan fingerprint density at radius 2 is 2.00 bits per heavy atom. The number of rotatable bonds is 8. The highest BCUT2D eigenvalue weighted by Gasteiger charge is 2.12. The lowest BCUT2D eigenvalue weighted by molar-refractivity contribution is 0.222.